The summed E-state index contributed by atoms with van der Waals surface area (Å²) in [7, 11) is -3.96. The summed E-state index contributed by atoms with van der Waals surface area (Å²) in [5.74, 6) is 1.02. The summed E-state index contributed by atoms with van der Waals surface area (Å²) in [6.07, 6.45) is 4.85. The highest BCUT2D eigenvalue weighted by atomic mass is 32.2. The molecule has 0 aliphatic carbocycles. The van der Waals surface area contributed by atoms with Crippen molar-refractivity contribution in [3.8, 4) is 5.95 Å². The summed E-state index contributed by atoms with van der Waals surface area (Å²) in [4.78, 5) is 9.81. The van der Waals surface area contributed by atoms with Gasteiger partial charge >= 0.3 is 15.6 Å². The maximum absolute atomic E-state index is 10.7. The maximum Gasteiger partial charge on any atom is 0.522 e. The lowest BCUT2D eigenvalue weighted by Gasteiger charge is -1.99. The lowest BCUT2D eigenvalue weighted by molar-refractivity contribution is -0.0510. The van der Waals surface area contributed by atoms with Gasteiger partial charge < -0.3 is 10.3 Å². The lowest BCUT2D eigenvalue weighted by Crippen LogP contribution is -2.21. The number of fused-ring (bicyclic) bond motifs is 1. The number of halogens is 3. The second kappa shape index (κ2) is 6.04. The van der Waals surface area contributed by atoms with Crippen molar-refractivity contribution in [2.45, 2.75) is 5.51 Å². The molecular weight excluding hydrogens is 355 g/mol. The predicted octanol–water partition coefficient (Wildman–Crippen LogP) is 0.525. The van der Waals surface area contributed by atoms with Crippen molar-refractivity contribution in [1.82, 2.24) is 29.5 Å². The molecule has 0 saturated heterocycles. The topological polar surface area (TPSA) is 142 Å². The van der Waals surface area contributed by atoms with E-state index in [2.05, 4.69) is 20.2 Å². The third-order valence-electron chi connectivity index (χ3n) is 2.69. The Morgan fingerprint density at radius 2 is 1.75 bits per heavy atom. The fourth-order valence-electron chi connectivity index (χ4n) is 1.63. The molecule has 3 aromatic rings. The van der Waals surface area contributed by atoms with Crippen LogP contribution in [0.1, 0.15) is 0 Å². The van der Waals surface area contributed by atoms with E-state index in [-0.39, 0.29) is 0 Å². The summed E-state index contributed by atoms with van der Waals surface area (Å²) in [6.45, 7) is 0. The standard InChI is InChI=1S/C9H9N7.CHF3O3S/c1-15-6-2-3-11-8(10)7(6)14-9(15)16-12-4-5-13-16;2-1(3,4)8(5,6)7/h2-5H,1H3,(H2,10,11);(H,5,6,7). The highest BCUT2D eigenvalue weighted by molar-refractivity contribution is 7.86. The van der Waals surface area contributed by atoms with Gasteiger partial charge in [0.2, 0.25) is 5.95 Å². The number of nitrogens with zero attached hydrogens (tertiary/aromatic N) is 6. The van der Waals surface area contributed by atoms with Gasteiger partial charge in [0.1, 0.15) is 5.52 Å². The lowest BCUT2D eigenvalue weighted by atomic mass is 10.4. The van der Waals surface area contributed by atoms with Crippen LogP contribution in [-0.2, 0) is 17.2 Å². The first kappa shape index (κ1) is 17.6. The Morgan fingerprint density at radius 1 is 1.21 bits per heavy atom. The summed E-state index contributed by atoms with van der Waals surface area (Å²) in [5.41, 5.74) is 1.79. The van der Waals surface area contributed by atoms with Crippen molar-refractivity contribution in [1.29, 1.82) is 0 Å². The first-order valence-electron chi connectivity index (χ1n) is 5.99. The quantitative estimate of drug-likeness (QED) is 0.470. The van der Waals surface area contributed by atoms with Crippen LogP contribution in [0.4, 0.5) is 19.0 Å². The Labute approximate surface area is 132 Å². The van der Waals surface area contributed by atoms with Crippen LogP contribution in [0.2, 0.25) is 0 Å². The van der Waals surface area contributed by atoms with Crippen LogP contribution in [0.5, 0.6) is 0 Å². The minimum absolute atomic E-state index is 0.409. The Hall–Kier alpha value is -2.74. The third-order valence-corrected chi connectivity index (χ3v) is 3.28. The maximum atomic E-state index is 10.7. The largest absolute Gasteiger partial charge is 0.522 e. The average molecular weight is 365 g/mol. The smallest absolute Gasteiger partial charge is 0.382 e. The zero-order chi connectivity index (χ0) is 18.1. The Bertz CT molecular complexity index is 950. The number of alkyl halides is 3. The number of hydrogen-bond donors (Lipinski definition) is 2. The zero-order valence-electron chi connectivity index (χ0n) is 11.9. The molecule has 0 saturated carbocycles. The van der Waals surface area contributed by atoms with Gasteiger partial charge in [-0.1, -0.05) is 0 Å². The molecule has 3 rings (SSSR count). The van der Waals surface area contributed by atoms with E-state index in [1.165, 1.54) is 4.80 Å². The van der Waals surface area contributed by atoms with Crippen molar-refractivity contribution in [3.05, 3.63) is 24.7 Å². The van der Waals surface area contributed by atoms with E-state index in [1.807, 2.05) is 17.7 Å². The van der Waals surface area contributed by atoms with Gasteiger partial charge in [-0.2, -0.15) is 31.8 Å². The highest BCUT2D eigenvalue weighted by Gasteiger charge is 2.44. The molecule has 0 fully saturated rings. The first-order valence-corrected chi connectivity index (χ1v) is 7.43. The summed E-state index contributed by atoms with van der Waals surface area (Å²) in [5, 5.41) is 8.07. The molecule has 0 spiro atoms. The molecule has 0 aliphatic rings. The molecule has 14 heteroatoms. The number of anilines is 1. The van der Waals surface area contributed by atoms with Gasteiger partial charge in [-0.05, 0) is 6.07 Å². The van der Waals surface area contributed by atoms with E-state index < -0.39 is 15.6 Å². The van der Waals surface area contributed by atoms with E-state index in [1.54, 1.807) is 18.6 Å². The van der Waals surface area contributed by atoms with Crippen LogP contribution >= 0.6 is 0 Å². The normalized spacial score (nSPS) is 12.0. The number of nitrogens with two attached hydrogens (primary N) is 1. The summed E-state index contributed by atoms with van der Waals surface area (Å²) < 4.78 is 59.4. The third kappa shape index (κ3) is 3.43. The molecule has 24 heavy (non-hydrogen) atoms. The van der Waals surface area contributed by atoms with Gasteiger partial charge in [0.15, 0.2) is 5.82 Å². The minimum atomic E-state index is -5.84. The monoisotopic (exact) mass is 365 g/mol. The summed E-state index contributed by atoms with van der Waals surface area (Å²) in [6, 6.07) is 1.85. The molecule has 0 aliphatic heterocycles. The minimum Gasteiger partial charge on any atom is -0.382 e. The van der Waals surface area contributed by atoms with Crippen LogP contribution in [0.3, 0.4) is 0 Å². The van der Waals surface area contributed by atoms with Gasteiger partial charge in [0.25, 0.3) is 0 Å². The molecule has 0 aromatic carbocycles. The number of rotatable bonds is 1. The van der Waals surface area contributed by atoms with Crippen LogP contribution in [0.25, 0.3) is 17.0 Å². The van der Waals surface area contributed by atoms with Gasteiger partial charge in [-0.3, -0.25) is 4.55 Å². The fraction of sp³-hybridized carbons (Fsp3) is 0.200. The molecule has 0 unspecified atom stereocenters. The summed E-state index contributed by atoms with van der Waals surface area (Å²) >= 11 is 0. The van der Waals surface area contributed by atoms with Crippen LogP contribution < -0.4 is 5.73 Å². The molecule has 0 atom stereocenters. The second-order valence-corrected chi connectivity index (χ2v) is 5.69. The van der Waals surface area contributed by atoms with Gasteiger partial charge in [-0.15, -0.1) is 4.80 Å². The van der Waals surface area contributed by atoms with E-state index in [4.69, 9.17) is 18.7 Å². The number of aryl methyl sites for hydroxylation is 1. The fourth-order valence-corrected chi connectivity index (χ4v) is 1.63. The average Bonchev–Trinajstić information content (AvgIpc) is 3.07. The number of pyridine rings is 1. The SMILES string of the molecule is Cn1c(-n2nccn2)nc2c(N)nccc21.O=S(=O)(O)C(F)(F)F. The Balaban J connectivity index is 0.000000224. The number of aromatic nitrogens is 6. The predicted molar refractivity (Wildman–Crippen MR) is 75.4 cm³/mol. The highest BCUT2D eigenvalue weighted by Crippen LogP contribution is 2.21. The van der Waals surface area contributed by atoms with Gasteiger partial charge in [0.05, 0.1) is 17.9 Å². The van der Waals surface area contributed by atoms with Crippen molar-refractivity contribution < 1.29 is 26.1 Å². The van der Waals surface area contributed by atoms with E-state index >= 15 is 0 Å². The van der Waals surface area contributed by atoms with E-state index in [0.717, 1.165) is 5.52 Å². The van der Waals surface area contributed by atoms with Crippen molar-refractivity contribution >= 4 is 27.0 Å². The number of imidazole rings is 1. The first-order chi connectivity index (χ1) is 11.0. The molecule has 130 valence electrons. The molecule has 3 N–H and O–H groups in total. The van der Waals surface area contributed by atoms with Crippen LogP contribution in [0, 0.1) is 0 Å². The van der Waals surface area contributed by atoms with Crippen LogP contribution in [0.15, 0.2) is 24.7 Å². The zero-order valence-corrected chi connectivity index (χ0v) is 12.7. The van der Waals surface area contributed by atoms with Crippen LogP contribution in [-0.4, -0.2) is 48.0 Å². The molecule has 0 radical (unpaired) electrons. The molecule has 3 aromatic heterocycles. The molecule has 3 heterocycles. The van der Waals surface area contributed by atoms with Crippen molar-refractivity contribution in [2.75, 3.05) is 5.73 Å². The molecule has 0 amide bonds. The molecule has 0 bridgehead atoms. The number of hydrogen-bond acceptors (Lipinski definition) is 7. The van der Waals surface area contributed by atoms with Crippen molar-refractivity contribution in [3.63, 3.8) is 0 Å². The van der Waals surface area contributed by atoms with E-state index in [9.17, 15) is 13.2 Å². The Kier molecular flexibility index (Phi) is 4.44. The van der Waals surface area contributed by atoms with Crippen molar-refractivity contribution in [2.24, 2.45) is 7.05 Å². The van der Waals surface area contributed by atoms with Gasteiger partial charge in [0, 0.05) is 13.2 Å². The second-order valence-electron chi connectivity index (χ2n) is 4.27. The Morgan fingerprint density at radius 3 is 2.21 bits per heavy atom. The van der Waals surface area contributed by atoms with Gasteiger partial charge in [-0.25, -0.2) is 9.97 Å². The molecular formula is C10H10F3N7O3S. The molecule has 10 nitrogen and oxygen atoms in total. The van der Waals surface area contributed by atoms with E-state index in [0.29, 0.717) is 17.3 Å². The number of nitrogen functional groups attached to an aromatic ring is 1.